The van der Waals surface area contributed by atoms with E-state index in [1.165, 1.54) is 23.9 Å². The van der Waals surface area contributed by atoms with Crippen LogP contribution in [0.5, 0.6) is 0 Å². The largest absolute Gasteiger partial charge is 0.376 e. The third-order valence-electron chi connectivity index (χ3n) is 6.27. The molecule has 1 aliphatic rings. The molecule has 4 heterocycles. The number of pyridine rings is 1. The summed E-state index contributed by atoms with van der Waals surface area (Å²) in [5.41, 5.74) is 4.28. The van der Waals surface area contributed by atoms with Gasteiger partial charge in [-0.25, -0.2) is 4.39 Å². The quantitative estimate of drug-likeness (QED) is 0.254. The lowest BCUT2D eigenvalue weighted by molar-refractivity contribution is 0.0957. The van der Waals surface area contributed by atoms with Crippen molar-refractivity contribution in [3.05, 3.63) is 77.6 Å². The first kappa shape index (κ1) is 23.4. The first-order chi connectivity index (χ1) is 17.0. The molecule has 35 heavy (non-hydrogen) atoms. The average molecular weight is 492 g/mol. The number of hydrogen-bond donors (Lipinski definition) is 0. The first-order valence-electron chi connectivity index (χ1n) is 11.6. The van der Waals surface area contributed by atoms with Crippen molar-refractivity contribution >= 4 is 17.5 Å². The maximum atomic E-state index is 13.6. The Morgan fingerprint density at radius 2 is 1.91 bits per heavy atom. The van der Waals surface area contributed by atoms with Crippen LogP contribution in [0.4, 0.5) is 4.39 Å². The fraction of sp³-hybridized carbons (Fsp3) is 0.308. The molecule has 0 amide bonds. The number of Topliss-reactive ketones (excluding diaryl/α,β-unsaturated/α-hetero) is 1. The number of carbonyl (C=O) groups excluding carboxylic acids is 1. The van der Waals surface area contributed by atoms with E-state index in [0.29, 0.717) is 16.7 Å². The topological polar surface area (TPSA) is 74.8 Å². The second-order valence-electron chi connectivity index (χ2n) is 8.60. The zero-order valence-electron chi connectivity index (χ0n) is 19.6. The van der Waals surface area contributed by atoms with Crippen LogP contribution < -0.4 is 0 Å². The predicted octanol–water partition coefficient (Wildman–Crippen LogP) is 5.04. The molecule has 0 aliphatic carbocycles. The smallest absolute Gasteiger partial charge is 0.196 e. The predicted molar refractivity (Wildman–Crippen MR) is 132 cm³/mol. The van der Waals surface area contributed by atoms with Crippen molar-refractivity contribution in [3.63, 3.8) is 0 Å². The van der Waals surface area contributed by atoms with E-state index in [9.17, 15) is 9.18 Å². The third kappa shape index (κ3) is 4.92. The second kappa shape index (κ2) is 10.1. The molecule has 0 bridgehead atoms. The number of benzene rings is 1. The summed E-state index contributed by atoms with van der Waals surface area (Å²) in [6.45, 7) is 5.59. The Morgan fingerprint density at radius 1 is 1.14 bits per heavy atom. The molecule has 1 saturated heterocycles. The van der Waals surface area contributed by atoms with Crippen LogP contribution in [0.15, 0.2) is 60.0 Å². The molecule has 9 heteroatoms. The lowest BCUT2D eigenvalue weighted by atomic mass is 10.2. The molecule has 1 aliphatic heterocycles. The molecule has 4 aromatic rings. The van der Waals surface area contributed by atoms with Crippen molar-refractivity contribution in [1.29, 1.82) is 0 Å². The van der Waals surface area contributed by atoms with Crippen LogP contribution in [-0.2, 0) is 11.3 Å². The highest BCUT2D eigenvalue weighted by Gasteiger charge is 2.22. The third-order valence-corrected chi connectivity index (χ3v) is 7.20. The summed E-state index contributed by atoms with van der Waals surface area (Å²) in [7, 11) is 0. The molecule has 0 spiro atoms. The minimum atomic E-state index is -0.324. The maximum absolute atomic E-state index is 13.6. The van der Waals surface area contributed by atoms with Gasteiger partial charge in [-0.15, -0.1) is 10.2 Å². The van der Waals surface area contributed by atoms with Crippen molar-refractivity contribution in [2.24, 2.45) is 0 Å². The van der Waals surface area contributed by atoms with E-state index in [2.05, 4.69) is 19.7 Å². The zero-order chi connectivity index (χ0) is 24.4. The van der Waals surface area contributed by atoms with Gasteiger partial charge in [-0.1, -0.05) is 11.8 Å². The van der Waals surface area contributed by atoms with Crippen LogP contribution in [-0.4, -0.2) is 48.6 Å². The number of halogens is 1. The Morgan fingerprint density at radius 3 is 2.63 bits per heavy atom. The van der Waals surface area contributed by atoms with Gasteiger partial charge in [0.05, 0.1) is 11.9 Å². The normalized spacial score (nSPS) is 15.6. The van der Waals surface area contributed by atoms with Gasteiger partial charge in [0.2, 0.25) is 0 Å². The minimum Gasteiger partial charge on any atom is -0.376 e. The van der Waals surface area contributed by atoms with E-state index >= 15 is 0 Å². The molecule has 7 nitrogen and oxygen atoms in total. The van der Waals surface area contributed by atoms with E-state index < -0.39 is 0 Å². The van der Waals surface area contributed by atoms with Gasteiger partial charge in [-0.2, -0.15) is 0 Å². The van der Waals surface area contributed by atoms with E-state index in [-0.39, 0.29) is 23.5 Å². The molecule has 180 valence electrons. The summed E-state index contributed by atoms with van der Waals surface area (Å²) in [5.74, 6) is 0.513. The van der Waals surface area contributed by atoms with Crippen molar-refractivity contribution in [2.75, 3.05) is 12.4 Å². The number of aryl methyl sites for hydroxylation is 1. The summed E-state index contributed by atoms with van der Waals surface area (Å²) >= 11 is 1.32. The van der Waals surface area contributed by atoms with Gasteiger partial charge in [-0.3, -0.25) is 14.3 Å². The van der Waals surface area contributed by atoms with Crippen LogP contribution in [0.3, 0.4) is 0 Å². The van der Waals surface area contributed by atoms with Crippen LogP contribution in [0.1, 0.15) is 34.6 Å². The van der Waals surface area contributed by atoms with E-state index in [0.717, 1.165) is 48.5 Å². The average Bonchev–Trinajstić information content (AvgIpc) is 3.60. The van der Waals surface area contributed by atoms with Gasteiger partial charge in [0.15, 0.2) is 16.8 Å². The lowest BCUT2D eigenvalue weighted by Gasteiger charge is -2.14. The number of hydrogen-bond acceptors (Lipinski definition) is 6. The number of ether oxygens (including phenoxy) is 1. The lowest BCUT2D eigenvalue weighted by Crippen LogP contribution is -2.17. The van der Waals surface area contributed by atoms with Crippen LogP contribution in [0, 0.1) is 19.7 Å². The molecule has 0 unspecified atom stereocenters. The van der Waals surface area contributed by atoms with Gasteiger partial charge in [0, 0.05) is 53.7 Å². The summed E-state index contributed by atoms with van der Waals surface area (Å²) < 4.78 is 23.4. The number of rotatable bonds is 8. The van der Waals surface area contributed by atoms with Crippen LogP contribution in [0.25, 0.3) is 17.1 Å². The molecule has 3 aromatic heterocycles. The summed E-state index contributed by atoms with van der Waals surface area (Å²) in [6, 6.07) is 11.8. The van der Waals surface area contributed by atoms with Gasteiger partial charge >= 0.3 is 0 Å². The fourth-order valence-corrected chi connectivity index (χ4v) is 5.27. The van der Waals surface area contributed by atoms with Crippen LogP contribution in [0.2, 0.25) is 0 Å². The van der Waals surface area contributed by atoms with Crippen molar-refractivity contribution in [1.82, 2.24) is 24.3 Å². The molecule has 5 rings (SSSR count). The van der Waals surface area contributed by atoms with E-state index in [1.807, 2.05) is 36.6 Å². The Bertz CT molecular complexity index is 1330. The van der Waals surface area contributed by atoms with Crippen LogP contribution >= 0.6 is 11.8 Å². The molecular weight excluding hydrogens is 465 g/mol. The van der Waals surface area contributed by atoms with E-state index in [4.69, 9.17) is 4.74 Å². The summed E-state index contributed by atoms with van der Waals surface area (Å²) in [4.78, 5) is 17.3. The number of aromatic nitrogens is 5. The van der Waals surface area contributed by atoms with Gasteiger partial charge in [-0.05, 0) is 69.2 Å². The first-order valence-corrected chi connectivity index (χ1v) is 12.6. The molecule has 1 aromatic carbocycles. The van der Waals surface area contributed by atoms with E-state index in [1.54, 1.807) is 24.5 Å². The molecule has 0 N–H and O–H groups in total. The number of ketones is 1. The molecule has 0 radical (unpaired) electrons. The minimum absolute atomic E-state index is 0.0285. The molecule has 1 atom stereocenters. The van der Waals surface area contributed by atoms with Gasteiger partial charge in [0.1, 0.15) is 5.82 Å². The van der Waals surface area contributed by atoms with Crippen molar-refractivity contribution < 1.29 is 13.9 Å². The molecule has 1 fully saturated rings. The monoisotopic (exact) mass is 491 g/mol. The maximum Gasteiger partial charge on any atom is 0.196 e. The zero-order valence-corrected chi connectivity index (χ0v) is 20.5. The fourth-order valence-electron chi connectivity index (χ4n) is 4.44. The standard InChI is InChI=1S/C26H26FN5O2S/c1-17-14-23(18(2)31(17)15-22-4-3-13-34-22)24(33)16-35-26-30-29-25(19-9-11-28-12-10-19)32(26)21-7-5-20(27)6-8-21/h5-12,14,22H,3-4,13,15-16H2,1-2H3/t22-/m1/s1. The number of carbonyl (C=O) groups is 1. The second-order valence-corrected chi connectivity index (χ2v) is 9.54. The van der Waals surface area contributed by atoms with Gasteiger partial charge < -0.3 is 9.30 Å². The van der Waals surface area contributed by atoms with Crippen molar-refractivity contribution in [2.45, 2.75) is 44.5 Å². The Kier molecular flexibility index (Phi) is 6.79. The highest BCUT2D eigenvalue weighted by atomic mass is 32.2. The Labute approximate surface area is 207 Å². The molecular formula is C26H26FN5O2S. The SMILES string of the molecule is Cc1cc(C(=O)CSc2nnc(-c3ccncc3)n2-c2ccc(F)cc2)c(C)n1C[C@H]1CCCO1. The van der Waals surface area contributed by atoms with Crippen molar-refractivity contribution in [3.8, 4) is 17.1 Å². The van der Waals surface area contributed by atoms with Gasteiger partial charge in [0.25, 0.3) is 0 Å². The Hall–Kier alpha value is -3.30. The summed E-state index contributed by atoms with van der Waals surface area (Å²) in [5, 5.41) is 9.29. The number of thioether (sulfide) groups is 1. The Balaban J connectivity index is 1.39. The highest BCUT2D eigenvalue weighted by Crippen LogP contribution is 2.29. The highest BCUT2D eigenvalue weighted by molar-refractivity contribution is 7.99. The summed E-state index contributed by atoms with van der Waals surface area (Å²) in [6.07, 6.45) is 5.71. The molecule has 0 saturated carbocycles. The number of nitrogens with zero attached hydrogens (tertiary/aromatic N) is 5.